The van der Waals surface area contributed by atoms with Gasteiger partial charge < -0.3 is 0 Å². The van der Waals surface area contributed by atoms with Crippen molar-refractivity contribution in [3.63, 3.8) is 0 Å². The lowest BCUT2D eigenvalue weighted by atomic mass is 10.1. The van der Waals surface area contributed by atoms with Gasteiger partial charge in [0, 0.05) is 10.6 Å². The van der Waals surface area contributed by atoms with Crippen LogP contribution in [0.25, 0.3) is 0 Å². The average molecular weight is 273 g/mol. The van der Waals surface area contributed by atoms with Crippen LogP contribution in [0.3, 0.4) is 0 Å². The molecule has 2 aromatic rings. The van der Waals surface area contributed by atoms with Crippen molar-refractivity contribution in [3.05, 3.63) is 66.2 Å². The lowest BCUT2D eigenvalue weighted by Crippen LogP contribution is -2.25. The van der Waals surface area contributed by atoms with Crippen LogP contribution in [0.2, 0.25) is 0 Å². The first-order chi connectivity index (χ1) is 9.31. The fraction of sp³-hybridized carbons (Fsp3) is 0.133. The minimum absolute atomic E-state index is 0.344. The van der Waals surface area contributed by atoms with Crippen LogP contribution in [-0.4, -0.2) is 22.4 Å². The molecular formula is C15H15NO2S. The van der Waals surface area contributed by atoms with Gasteiger partial charge in [-0.15, -0.1) is 11.8 Å². The third-order valence-electron chi connectivity index (χ3n) is 2.76. The number of benzene rings is 2. The van der Waals surface area contributed by atoms with E-state index in [1.54, 1.807) is 11.8 Å². The monoisotopic (exact) mass is 273 g/mol. The molecule has 98 valence electrons. The SMILES string of the molecule is O=CN(O)C(CSc1ccccc1)c1ccccc1. The minimum atomic E-state index is -0.344. The van der Waals surface area contributed by atoms with Crippen LogP contribution in [-0.2, 0) is 4.79 Å². The summed E-state index contributed by atoms with van der Waals surface area (Å²) in [4.78, 5) is 11.9. The van der Waals surface area contributed by atoms with Crippen LogP contribution >= 0.6 is 11.8 Å². The van der Waals surface area contributed by atoms with Crippen LogP contribution < -0.4 is 0 Å². The smallest absolute Gasteiger partial charge is 0.233 e. The van der Waals surface area contributed by atoms with E-state index in [4.69, 9.17) is 0 Å². The van der Waals surface area contributed by atoms with Crippen LogP contribution in [0.15, 0.2) is 65.6 Å². The van der Waals surface area contributed by atoms with Crippen LogP contribution in [0.4, 0.5) is 0 Å². The van der Waals surface area contributed by atoms with E-state index in [1.807, 2.05) is 60.7 Å². The second-order valence-electron chi connectivity index (χ2n) is 4.04. The maximum absolute atomic E-state index is 10.8. The summed E-state index contributed by atoms with van der Waals surface area (Å²) >= 11 is 1.61. The van der Waals surface area contributed by atoms with Crippen molar-refractivity contribution in [2.45, 2.75) is 10.9 Å². The van der Waals surface area contributed by atoms with E-state index in [9.17, 15) is 10.0 Å². The third kappa shape index (κ3) is 3.84. The Hall–Kier alpha value is -1.78. The molecule has 2 rings (SSSR count). The Kier molecular flexibility index (Phi) is 5.01. The molecule has 0 bridgehead atoms. The maximum Gasteiger partial charge on any atom is 0.233 e. The fourth-order valence-corrected chi connectivity index (χ4v) is 2.81. The first kappa shape index (κ1) is 13.6. The van der Waals surface area contributed by atoms with Gasteiger partial charge >= 0.3 is 0 Å². The Balaban J connectivity index is 2.09. The van der Waals surface area contributed by atoms with Gasteiger partial charge in [0.2, 0.25) is 6.41 Å². The second kappa shape index (κ2) is 6.97. The topological polar surface area (TPSA) is 40.5 Å². The maximum atomic E-state index is 10.8. The molecule has 19 heavy (non-hydrogen) atoms. The molecule has 2 aromatic carbocycles. The van der Waals surface area contributed by atoms with Gasteiger partial charge in [0.15, 0.2) is 0 Å². The van der Waals surface area contributed by atoms with Gasteiger partial charge in [-0.25, -0.2) is 5.06 Å². The Morgan fingerprint density at radius 1 is 1.05 bits per heavy atom. The Bertz CT molecular complexity index is 504. The number of hydrogen-bond acceptors (Lipinski definition) is 3. The molecule has 0 radical (unpaired) electrons. The number of rotatable bonds is 6. The quantitative estimate of drug-likeness (QED) is 0.380. The standard InChI is InChI=1S/C15H15NO2S/c17-12-16(18)15(13-7-3-1-4-8-13)11-19-14-9-5-2-6-10-14/h1-10,12,15,18H,11H2. The van der Waals surface area contributed by atoms with Crippen molar-refractivity contribution in [3.8, 4) is 0 Å². The number of thioether (sulfide) groups is 1. The van der Waals surface area contributed by atoms with Crippen LogP contribution in [0.1, 0.15) is 11.6 Å². The molecule has 1 N–H and O–H groups in total. The molecule has 0 aromatic heterocycles. The van der Waals surface area contributed by atoms with Gasteiger partial charge in [-0.2, -0.15) is 0 Å². The zero-order valence-corrected chi connectivity index (χ0v) is 11.2. The van der Waals surface area contributed by atoms with Crippen molar-refractivity contribution in [1.82, 2.24) is 5.06 Å². The van der Waals surface area contributed by atoms with Gasteiger partial charge in [0.05, 0.1) is 6.04 Å². The number of nitrogens with zero attached hydrogens (tertiary/aromatic N) is 1. The highest BCUT2D eigenvalue weighted by Crippen LogP contribution is 2.27. The van der Waals surface area contributed by atoms with E-state index in [0.29, 0.717) is 12.2 Å². The van der Waals surface area contributed by atoms with Crippen molar-refractivity contribution < 1.29 is 10.0 Å². The zero-order valence-electron chi connectivity index (χ0n) is 10.3. The number of hydrogen-bond donors (Lipinski definition) is 1. The molecule has 0 spiro atoms. The molecular weight excluding hydrogens is 258 g/mol. The van der Waals surface area contributed by atoms with E-state index in [0.717, 1.165) is 15.5 Å². The van der Waals surface area contributed by atoms with Crippen molar-refractivity contribution >= 4 is 18.2 Å². The van der Waals surface area contributed by atoms with E-state index < -0.39 is 0 Å². The summed E-state index contributed by atoms with van der Waals surface area (Å²) in [6.45, 7) is 0. The molecule has 0 saturated heterocycles. The average Bonchev–Trinajstić information content (AvgIpc) is 2.49. The molecule has 1 atom stereocenters. The lowest BCUT2D eigenvalue weighted by Gasteiger charge is -2.22. The first-order valence-electron chi connectivity index (χ1n) is 5.96. The van der Waals surface area contributed by atoms with Gasteiger partial charge in [-0.3, -0.25) is 10.0 Å². The van der Waals surface area contributed by atoms with Gasteiger partial charge in [0.1, 0.15) is 0 Å². The normalized spacial score (nSPS) is 11.8. The molecule has 0 aliphatic carbocycles. The summed E-state index contributed by atoms with van der Waals surface area (Å²) < 4.78 is 0. The largest absolute Gasteiger partial charge is 0.285 e. The second-order valence-corrected chi connectivity index (χ2v) is 5.13. The third-order valence-corrected chi connectivity index (χ3v) is 3.85. The van der Waals surface area contributed by atoms with E-state index in [-0.39, 0.29) is 6.04 Å². The molecule has 0 heterocycles. The number of carbonyl (C=O) groups excluding carboxylic acids is 1. The lowest BCUT2D eigenvalue weighted by molar-refractivity contribution is -0.158. The molecule has 0 saturated carbocycles. The number of carbonyl (C=O) groups is 1. The Labute approximate surface area is 116 Å². The van der Waals surface area contributed by atoms with Crippen LogP contribution in [0.5, 0.6) is 0 Å². The highest BCUT2D eigenvalue weighted by atomic mass is 32.2. The summed E-state index contributed by atoms with van der Waals surface area (Å²) in [5.74, 6) is 0.600. The zero-order chi connectivity index (χ0) is 13.5. The van der Waals surface area contributed by atoms with E-state index in [2.05, 4.69) is 0 Å². The molecule has 0 aliphatic rings. The molecule has 1 amide bonds. The summed E-state index contributed by atoms with van der Waals surface area (Å²) in [5, 5.41) is 10.4. The molecule has 0 aliphatic heterocycles. The molecule has 0 fully saturated rings. The predicted molar refractivity (Wildman–Crippen MR) is 76.0 cm³/mol. The summed E-state index contributed by atoms with van der Waals surface area (Å²) in [7, 11) is 0. The fourth-order valence-electron chi connectivity index (χ4n) is 1.77. The summed E-state index contributed by atoms with van der Waals surface area (Å²) in [6.07, 6.45) is 0.448. The highest BCUT2D eigenvalue weighted by Gasteiger charge is 2.17. The van der Waals surface area contributed by atoms with Gasteiger partial charge in [-0.1, -0.05) is 48.5 Å². The Morgan fingerprint density at radius 3 is 2.21 bits per heavy atom. The van der Waals surface area contributed by atoms with Crippen molar-refractivity contribution in [2.75, 3.05) is 5.75 Å². The van der Waals surface area contributed by atoms with E-state index >= 15 is 0 Å². The van der Waals surface area contributed by atoms with Gasteiger partial charge in [0.25, 0.3) is 0 Å². The van der Waals surface area contributed by atoms with Gasteiger partial charge in [-0.05, 0) is 17.7 Å². The van der Waals surface area contributed by atoms with Crippen molar-refractivity contribution in [2.24, 2.45) is 0 Å². The minimum Gasteiger partial charge on any atom is -0.285 e. The summed E-state index contributed by atoms with van der Waals surface area (Å²) in [5.41, 5.74) is 0.917. The van der Waals surface area contributed by atoms with E-state index in [1.165, 1.54) is 0 Å². The van der Waals surface area contributed by atoms with Crippen LogP contribution in [0, 0.1) is 0 Å². The number of hydroxylamine groups is 2. The molecule has 3 nitrogen and oxygen atoms in total. The summed E-state index contributed by atoms with van der Waals surface area (Å²) in [6, 6.07) is 19.1. The predicted octanol–water partition coefficient (Wildman–Crippen LogP) is 3.37. The molecule has 4 heteroatoms. The number of amides is 1. The Morgan fingerprint density at radius 2 is 1.63 bits per heavy atom. The highest BCUT2D eigenvalue weighted by molar-refractivity contribution is 7.99. The first-order valence-corrected chi connectivity index (χ1v) is 6.95. The van der Waals surface area contributed by atoms with Crippen molar-refractivity contribution in [1.29, 1.82) is 0 Å². The molecule has 1 unspecified atom stereocenters.